The van der Waals surface area contributed by atoms with E-state index in [1.807, 2.05) is 0 Å². The van der Waals surface area contributed by atoms with Crippen molar-refractivity contribution in [3.63, 3.8) is 0 Å². The average molecular weight is 611 g/mol. The molecular formula is C28H27F5N4O6. The molecule has 4 N–H and O–H groups in total. The Morgan fingerprint density at radius 1 is 1.05 bits per heavy atom. The van der Waals surface area contributed by atoms with Gasteiger partial charge >= 0.3 is 12.8 Å². The Morgan fingerprint density at radius 2 is 1.77 bits per heavy atom. The Morgan fingerprint density at radius 3 is 2.37 bits per heavy atom. The van der Waals surface area contributed by atoms with Crippen LogP contribution in [0.5, 0.6) is 5.75 Å². The molecule has 0 unspecified atom stereocenters. The third-order valence-corrected chi connectivity index (χ3v) is 6.84. The first-order chi connectivity index (χ1) is 20.2. The molecule has 230 valence electrons. The number of amides is 4. The maximum Gasteiger partial charge on any atom is 0.416 e. The maximum absolute atomic E-state index is 13.5. The highest BCUT2D eigenvalue weighted by molar-refractivity contribution is 6.38. The lowest BCUT2D eigenvalue weighted by atomic mass is 9.93. The zero-order valence-electron chi connectivity index (χ0n) is 22.6. The predicted octanol–water partition coefficient (Wildman–Crippen LogP) is 3.42. The van der Waals surface area contributed by atoms with Crippen LogP contribution < -0.4 is 26.0 Å². The minimum atomic E-state index is -4.74. The molecule has 2 aromatic rings. The van der Waals surface area contributed by atoms with Gasteiger partial charge in [-0.05, 0) is 69.0 Å². The van der Waals surface area contributed by atoms with E-state index in [0.717, 1.165) is 36.4 Å². The second kappa shape index (κ2) is 12.8. The molecule has 10 nitrogen and oxygen atoms in total. The van der Waals surface area contributed by atoms with Gasteiger partial charge in [-0.1, -0.05) is 6.07 Å². The van der Waals surface area contributed by atoms with Crippen molar-refractivity contribution in [3.8, 4) is 5.75 Å². The summed E-state index contributed by atoms with van der Waals surface area (Å²) in [5, 5.41) is 9.83. The number of halogens is 5. The summed E-state index contributed by atoms with van der Waals surface area (Å²) in [4.78, 5) is 64.3. The van der Waals surface area contributed by atoms with Crippen LogP contribution in [0.1, 0.15) is 58.9 Å². The molecule has 0 bridgehead atoms. The van der Waals surface area contributed by atoms with Crippen LogP contribution in [-0.4, -0.2) is 54.1 Å². The van der Waals surface area contributed by atoms with E-state index >= 15 is 0 Å². The van der Waals surface area contributed by atoms with Gasteiger partial charge in [0.05, 0.1) is 22.9 Å². The monoisotopic (exact) mass is 610 g/mol. The molecular weight excluding hydrogens is 583 g/mol. The smallest absolute Gasteiger partial charge is 0.416 e. The molecule has 15 heteroatoms. The first-order valence-electron chi connectivity index (χ1n) is 13.2. The number of alkyl halides is 5. The molecule has 2 fully saturated rings. The third kappa shape index (κ3) is 8.26. The summed E-state index contributed by atoms with van der Waals surface area (Å²) < 4.78 is 69.6. The van der Waals surface area contributed by atoms with Crippen molar-refractivity contribution in [1.29, 1.82) is 0 Å². The van der Waals surface area contributed by atoms with E-state index in [9.17, 15) is 45.9 Å². The molecule has 0 aromatic heterocycles. The number of hydrogen-bond donors (Lipinski definition) is 4. The van der Waals surface area contributed by atoms with E-state index in [2.05, 4.69) is 26.0 Å². The molecule has 0 spiro atoms. The molecule has 1 heterocycles. The van der Waals surface area contributed by atoms with Crippen molar-refractivity contribution in [1.82, 2.24) is 16.0 Å². The van der Waals surface area contributed by atoms with Crippen molar-refractivity contribution in [2.75, 3.05) is 5.32 Å². The molecule has 0 radical (unpaired) electrons. The summed E-state index contributed by atoms with van der Waals surface area (Å²) in [6, 6.07) is 4.36. The van der Waals surface area contributed by atoms with Gasteiger partial charge < -0.3 is 26.0 Å². The van der Waals surface area contributed by atoms with Crippen LogP contribution in [0.2, 0.25) is 0 Å². The Kier molecular flexibility index (Phi) is 9.30. The normalized spacial score (nSPS) is 18.9. The van der Waals surface area contributed by atoms with Crippen LogP contribution >= 0.6 is 0 Å². The number of ketones is 1. The second-order valence-corrected chi connectivity index (χ2v) is 10.3. The fourth-order valence-corrected chi connectivity index (χ4v) is 4.58. The van der Waals surface area contributed by atoms with Crippen molar-refractivity contribution < 1.29 is 50.7 Å². The second-order valence-electron chi connectivity index (χ2n) is 10.3. The highest BCUT2D eigenvalue weighted by Crippen LogP contribution is 2.30. The Hall–Kier alpha value is -4.56. The highest BCUT2D eigenvalue weighted by Gasteiger charge is 2.38. The Labute approximate surface area is 241 Å². The summed E-state index contributed by atoms with van der Waals surface area (Å²) in [5.74, 6) is -5.81. The first kappa shape index (κ1) is 31.4. The zero-order chi connectivity index (χ0) is 31.5. The molecule has 4 amide bonds. The predicted molar refractivity (Wildman–Crippen MR) is 140 cm³/mol. The quantitative estimate of drug-likeness (QED) is 0.227. The summed E-state index contributed by atoms with van der Waals surface area (Å²) in [7, 11) is 0. The SMILES string of the molecule is C[C@@H]1C[C@@H](C[C@H](NC(=O)c2cc(OC(F)F)ccc2NC(=O)c2cccc(C(F)(F)F)c2)C(=O)C(=O)NC2CC2)C(=O)N1. The minimum absolute atomic E-state index is 0.191. The molecule has 43 heavy (non-hydrogen) atoms. The van der Waals surface area contributed by atoms with Gasteiger partial charge in [0, 0.05) is 23.6 Å². The molecule has 1 saturated heterocycles. The van der Waals surface area contributed by atoms with Crippen LogP contribution in [0.4, 0.5) is 27.6 Å². The summed E-state index contributed by atoms with van der Waals surface area (Å²) in [6.07, 6.45) is -3.33. The summed E-state index contributed by atoms with van der Waals surface area (Å²) in [6.45, 7) is -1.55. The topological polar surface area (TPSA) is 143 Å². The van der Waals surface area contributed by atoms with Crippen molar-refractivity contribution in [2.24, 2.45) is 5.92 Å². The van der Waals surface area contributed by atoms with Crippen LogP contribution in [0.3, 0.4) is 0 Å². The Bertz CT molecular complexity index is 1430. The number of benzene rings is 2. The van der Waals surface area contributed by atoms with Gasteiger partial charge in [0.2, 0.25) is 11.7 Å². The lowest BCUT2D eigenvalue weighted by molar-refractivity contribution is -0.139. The van der Waals surface area contributed by atoms with E-state index in [0.29, 0.717) is 25.3 Å². The van der Waals surface area contributed by atoms with Crippen LogP contribution in [0.25, 0.3) is 0 Å². The molecule has 1 aliphatic carbocycles. The zero-order valence-corrected chi connectivity index (χ0v) is 22.6. The average Bonchev–Trinajstić information content (AvgIpc) is 3.69. The van der Waals surface area contributed by atoms with Gasteiger partial charge in [0.1, 0.15) is 5.75 Å². The van der Waals surface area contributed by atoms with Gasteiger partial charge in [-0.2, -0.15) is 22.0 Å². The molecule has 3 atom stereocenters. The minimum Gasteiger partial charge on any atom is -0.435 e. The van der Waals surface area contributed by atoms with E-state index in [-0.39, 0.29) is 30.1 Å². The van der Waals surface area contributed by atoms with Gasteiger partial charge in [0.25, 0.3) is 17.7 Å². The van der Waals surface area contributed by atoms with Gasteiger partial charge in [-0.25, -0.2) is 0 Å². The highest BCUT2D eigenvalue weighted by atomic mass is 19.4. The van der Waals surface area contributed by atoms with E-state index < -0.39 is 70.7 Å². The maximum atomic E-state index is 13.5. The number of carbonyl (C=O) groups excluding carboxylic acids is 5. The summed E-state index contributed by atoms with van der Waals surface area (Å²) in [5.41, 5.74) is -2.33. The third-order valence-electron chi connectivity index (χ3n) is 6.84. The largest absolute Gasteiger partial charge is 0.435 e. The molecule has 1 aliphatic heterocycles. The number of nitrogens with one attached hydrogen (secondary N) is 4. The van der Waals surface area contributed by atoms with Crippen LogP contribution in [-0.2, 0) is 20.6 Å². The molecule has 2 aliphatic rings. The van der Waals surface area contributed by atoms with E-state index in [1.54, 1.807) is 6.92 Å². The lowest BCUT2D eigenvalue weighted by Gasteiger charge is -2.21. The van der Waals surface area contributed by atoms with Crippen molar-refractivity contribution in [2.45, 2.75) is 63.5 Å². The van der Waals surface area contributed by atoms with Gasteiger partial charge in [-0.3, -0.25) is 24.0 Å². The number of rotatable bonds is 11. The standard InChI is InChI=1S/C28H27F5N4O6/c1-13-9-15(24(40)34-13)11-21(22(38)26(42)35-17-5-6-17)37-25(41)19-12-18(43-27(29)30)7-8-20(19)36-23(39)14-3-2-4-16(10-14)28(31,32)33/h2-4,7-8,10,12-13,15,17,21,27H,5-6,9,11H2,1H3,(H,34,40)(H,35,42)(H,36,39)(H,37,41)/t13-,15+,21+/m1/s1. The summed E-state index contributed by atoms with van der Waals surface area (Å²) >= 11 is 0. The molecule has 4 rings (SSSR count). The Balaban J connectivity index is 1.62. The number of anilines is 1. The van der Waals surface area contributed by atoms with Gasteiger partial charge in [0.15, 0.2) is 0 Å². The number of Topliss-reactive ketones (excluding diaryl/α,β-unsaturated/α-hetero) is 1. The number of ether oxygens (including phenoxy) is 1. The first-order valence-corrected chi connectivity index (χ1v) is 13.2. The number of hydrogen-bond acceptors (Lipinski definition) is 6. The van der Waals surface area contributed by atoms with Crippen molar-refractivity contribution in [3.05, 3.63) is 59.2 Å². The van der Waals surface area contributed by atoms with Crippen molar-refractivity contribution >= 4 is 35.1 Å². The van der Waals surface area contributed by atoms with E-state index in [1.165, 1.54) is 0 Å². The fraction of sp³-hybridized carbons (Fsp3) is 0.393. The molecule has 1 saturated carbocycles. The fourth-order valence-electron chi connectivity index (χ4n) is 4.58. The van der Waals surface area contributed by atoms with Crippen LogP contribution in [0, 0.1) is 5.92 Å². The van der Waals surface area contributed by atoms with Gasteiger partial charge in [-0.15, -0.1) is 0 Å². The van der Waals surface area contributed by atoms with Crippen LogP contribution in [0.15, 0.2) is 42.5 Å². The lowest BCUT2D eigenvalue weighted by Crippen LogP contribution is -2.49. The molecule has 2 aromatic carbocycles. The number of carbonyl (C=O) groups is 5. The van der Waals surface area contributed by atoms with E-state index in [4.69, 9.17) is 0 Å².